The molecule has 0 saturated heterocycles. The molecule has 0 aliphatic rings. The smallest absolute Gasteiger partial charge is 0.352 e. The number of aromatic nitrogens is 2. The Hall–Kier alpha value is -8.87. The van der Waals surface area contributed by atoms with E-state index in [4.69, 9.17) is 4.84 Å². The topological polar surface area (TPSA) is 291 Å². The lowest BCUT2D eigenvalue weighted by Crippen LogP contribution is -2.41. The molecule has 0 aliphatic heterocycles. The van der Waals surface area contributed by atoms with Gasteiger partial charge in [0, 0.05) is 53.5 Å². The van der Waals surface area contributed by atoms with E-state index < -0.39 is 56.0 Å². The first-order valence-corrected chi connectivity index (χ1v) is 29.5. The van der Waals surface area contributed by atoms with Crippen LogP contribution in [0.3, 0.4) is 0 Å². The summed E-state index contributed by atoms with van der Waals surface area (Å²) in [6, 6.07) is 22.8. The average Bonchev–Trinajstić information content (AvgIpc) is 1.31. The van der Waals surface area contributed by atoms with E-state index in [1.807, 2.05) is 6.07 Å². The van der Waals surface area contributed by atoms with E-state index in [9.17, 15) is 67.2 Å². The van der Waals surface area contributed by atoms with Gasteiger partial charge in [0.2, 0.25) is 13.1 Å². The monoisotopic (exact) mass is 1240 g/mol. The largest absolute Gasteiger partial charge is 0.472 e. The fourth-order valence-electron chi connectivity index (χ4n) is 8.43. The Balaban J connectivity index is 0.844. The highest BCUT2D eigenvalue weighted by atomic mass is 32.2. The molecule has 2 heterocycles. The summed E-state index contributed by atoms with van der Waals surface area (Å²) in [4.78, 5) is 67.1. The third-order valence-electron chi connectivity index (χ3n) is 12.8. The predicted molar refractivity (Wildman–Crippen MR) is 305 cm³/mol. The molecule has 2 aromatic heterocycles. The van der Waals surface area contributed by atoms with Crippen LogP contribution in [0.1, 0.15) is 76.7 Å². The maximum absolute atomic E-state index is 13.4. The van der Waals surface area contributed by atoms with E-state index in [1.54, 1.807) is 68.2 Å². The highest BCUT2D eigenvalue weighted by molar-refractivity contribution is 7.93. The molecule has 30 heteroatoms. The van der Waals surface area contributed by atoms with Crippen LogP contribution in [0.15, 0.2) is 132 Å². The summed E-state index contributed by atoms with van der Waals surface area (Å²) in [6.07, 6.45) is 1.77. The van der Waals surface area contributed by atoms with Crippen molar-refractivity contribution in [2.24, 2.45) is 0 Å². The number of carbonyl (C=O) groups excluding carboxylic acids is 5. The number of anilines is 6. The van der Waals surface area contributed by atoms with Gasteiger partial charge in [-0.2, -0.15) is 35.5 Å². The molecule has 4 aromatic carbocycles. The van der Waals surface area contributed by atoms with Crippen LogP contribution >= 0.6 is 0 Å². The van der Waals surface area contributed by atoms with Crippen LogP contribution in [0.25, 0.3) is 0 Å². The van der Waals surface area contributed by atoms with Gasteiger partial charge in [-0.25, -0.2) is 22.3 Å². The Kier molecular flexibility index (Phi) is 22.9. The van der Waals surface area contributed by atoms with Gasteiger partial charge in [0.25, 0.3) is 37.8 Å². The Bertz CT molecular complexity index is 3630. The van der Waals surface area contributed by atoms with Gasteiger partial charge in [0.15, 0.2) is 24.8 Å². The van der Waals surface area contributed by atoms with Crippen LogP contribution in [-0.2, 0) is 63.8 Å². The van der Waals surface area contributed by atoms with Crippen molar-refractivity contribution in [3.8, 4) is 0 Å². The lowest BCUT2D eigenvalue weighted by molar-refractivity contribution is -0.684. The number of hydrogen-bond donors (Lipinski definition) is 10. The number of halogens is 6. The average molecular weight is 1240 g/mol. The standard InChI is InChI=1S/C56H62F6N12O10S2/c1-36-15-25-46(85(80,81)71-44-21-17-42(18-22-44)67-69-53(78)55(57,58)59)38(3)50(36)65-48(75)33-73-29-11-13-40(31-73)35-84-64-28-10-8-6-5-7-9-27-63-52(77)41-14-12-30-74(32-41)34-49(76)66-51-37(2)16-26-47(39(51)4)86(82,83)72-45-23-19-43(20-24-45)68-70-54(79)56(60,61)62/h11-26,29-32,64,67-68,71-72H,5-10,27-28,33-35H2,1-4H3,(H3-2,63,65,66,69,70,75,76,77,78,79)/p+2. The summed E-state index contributed by atoms with van der Waals surface area (Å²) < 4.78 is 137. The first kappa shape index (κ1) is 66.3. The number of carbonyl (C=O) groups is 5. The molecule has 22 nitrogen and oxygen atoms in total. The number of aryl methyl sites for hydroxylation is 2. The number of amides is 5. The van der Waals surface area contributed by atoms with Gasteiger partial charge in [0.1, 0.15) is 5.56 Å². The summed E-state index contributed by atoms with van der Waals surface area (Å²) in [5.74, 6) is -5.65. The van der Waals surface area contributed by atoms with Crippen LogP contribution in [0.4, 0.5) is 60.5 Å². The molecule has 0 aliphatic carbocycles. The molecule has 10 N–H and O–H groups in total. The van der Waals surface area contributed by atoms with Crippen molar-refractivity contribution in [1.29, 1.82) is 0 Å². The summed E-state index contributed by atoms with van der Waals surface area (Å²) in [5, 5.41) is 8.50. The Morgan fingerprint density at radius 2 is 0.930 bits per heavy atom. The maximum atomic E-state index is 13.4. The van der Waals surface area contributed by atoms with E-state index in [2.05, 4.69) is 41.7 Å². The fourth-order valence-corrected chi connectivity index (χ4v) is 11.0. The van der Waals surface area contributed by atoms with Crippen molar-refractivity contribution in [3.63, 3.8) is 0 Å². The predicted octanol–water partition coefficient (Wildman–Crippen LogP) is 7.18. The number of alkyl halides is 6. The van der Waals surface area contributed by atoms with Crippen LogP contribution in [0, 0.1) is 27.7 Å². The Labute approximate surface area is 491 Å². The van der Waals surface area contributed by atoms with Gasteiger partial charge in [-0.05, 0) is 136 Å². The minimum Gasteiger partial charge on any atom is -0.352 e. The second-order valence-electron chi connectivity index (χ2n) is 19.6. The SMILES string of the molecule is Cc1ccc(S(=O)(=O)Nc2ccc(NNC(=O)C(F)(F)F)cc2)c(C)c1NC(=O)C[n+]1cccc(CONCCCCCCCCNC(=O)c2ccc[n+](CC(=O)Nc3c(C)ccc(S(=O)(=O)Nc4ccc(NNC(=O)C(F)(F)F)cc4)c3C)c2)c1. The van der Waals surface area contributed by atoms with Gasteiger partial charge < -0.3 is 16.0 Å². The minimum absolute atomic E-state index is 0.0529. The molecule has 0 saturated carbocycles. The van der Waals surface area contributed by atoms with Crippen LogP contribution in [0.5, 0.6) is 0 Å². The molecule has 5 amide bonds. The third-order valence-corrected chi connectivity index (χ3v) is 15.9. The van der Waals surface area contributed by atoms with Crippen molar-refractivity contribution in [2.75, 3.05) is 44.0 Å². The minimum atomic E-state index is -5.10. The zero-order chi connectivity index (χ0) is 62.8. The molecule has 0 unspecified atom stereocenters. The summed E-state index contributed by atoms with van der Waals surface area (Å²) in [5.41, 5.74) is 13.8. The van der Waals surface area contributed by atoms with Gasteiger partial charge in [-0.15, -0.1) is 0 Å². The Morgan fingerprint density at radius 1 is 0.512 bits per heavy atom. The molecule has 6 rings (SSSR count). The lowest BCUT2D eigenvalue weighted by Gasteiger charge is -2.16. The number of hydrazine groups is 2. The van der Waals surface area contributed by atoms with Crippen molar-refractivity contribution in [3.05, 3.63) is 155 Å². The summed E-state index contributed by atoms with van der Waals surface area (Å²) >= 11 is 0. The van der Waals surface area contributed by atoms with Gasteiger partial charge in [-0.1, -0.05) is 37.8 Å². The van der Waals surface area contributed by atoms with Gasteiger partial charge in [0.05, 0.1) is 27.8 Å². The van der Waals surface area contributed by atoms with Gasteiger partial charge >= 0.3 is 24.2 Å². The highest BCUT2D eigenvalue weighted by Crippen LogP contribution is 2.31. The van der Waals surface area contributed by atoms with E-state index in [0.29, 0.717) is 35.5 Å². The zero-order valence-electron chi connectivity index (χ0n) is 46.9. The molecule has 0 bridgehead atoms. The first-order valence-electron chi connectivity index (χ1n) is 26.5. The summed E-state index contributed by atoms with van der Waals surface area (Å²) in [7, 11) is -8.43. The number of unbranched alkanes of at least 4 members (excludes halogenated alkanes) is 5. The number of nitrogens with zero attached hydrogens (tertiary/aromatic N) is 2. The highest BCUT2D eigenvalue weighted by Gasteiger charge is 2.39. The van der Waals surface area contributed by atoms with Crippen molar-refractivity contribution >= 4 is 83.7 Å². The number of hydrogen-bond acceptors (Lipinski definition) is 13. The van der Waals surface area contributed by atoms with E-state index >= 15 is 0 Å². The van der Waals surface area contributed by atoms with Crippen molar-refractivity contribution in [2.45, 2.75) is 108 Å². The number of hydroxylamine groups is 1. The van der Waals surface area contributed by atoms with Crippen LogP contribution < -0.4 is 61.7 Å². The van der Waals surface area contributed by atoms with Crippen LogP contribution in [0.2, 0.25) is 0 Å². The van der Waals surface area contributed by atoms with E-state index in [0.717, 1.165) is 44.1 Å². The molecule has 0 fully saturated rings. The third kappa shape index (κ3) is 19.9. The van der Waals surface area contributed by atoms with Gasteiger partial charge in [-0.3, -0.25) is 60.0 Å². The first-order chi connectivity index (χ1) is 40.6. The number of pyridine rings is 2. The number of nitrogens with one attached hydrogen (secondary N) is 10. The number of sulfonamides is 2. The molecule has 460 valence electrons. The fraction of sp³-hybridized carbons (Fsp3) is 0.304. The zero-order valence-corrected chi connectivity index (χ0v) is 48.5. The van der Waals surface area contributed by atoms with E-state index in [-0.39, 0.29) is 75.0 Å². The number of rotatable bonds is 29. The molecule has 86 heavy (non-hydrogen) atoms. The normalized spacial score (nSPS) is 11.7. The number of benzene rings is 4. The summed E-state index contributed by atoms with van der Waals surface area (Å²) in [6.45, 7) is 7.45. The quantitative estimate of drug-likeness (QED) is 0.00965. The van der Waals surface area contributed by atoms with Crippen molar-refractivity contribution in [1.82, 2.24) is 21.6 Å². The molecular weight excluding hydrogens is 1180 g/mol. The molecule has 0 radical (unpaired) electrons. The second kappa shape index (κ2) is 29.8. The molecular formula is C56H64F6N12O10S2+2. The van der Waals surface area contributed by atoms with Crippen molar-refractivity contribution < 1.29 is 81.1 Å². The molecule has 0 spiro atoms. The lowest BCUT2D eigenvalue weighted by atomic mass is 10.1. The Morgan fingerprint density at radius 3 is 1.40 bits per heavy atom. The second-order valence-corrected chi connectivity index (χ2v) is 22.9. The molecule has 6 aromatic rings. The molecule has 0 atom stereocenters. The van der Waals surface area contributed by atoms with E-state index in [1.165, 1.54) is 95.3 Å². The van der Waals surface area contributed by atoms with Crippen LogP contribution in [-0.4, -0.2) is 71.8 Å². The maximum Gasteiger partial charge on any atom is 0.472 e.